The van der Waals surface area contributed by atoms with Crippen LogP contribution >= 0.6 is 0 Å². The Morgan fingerprint density at radius 2 is 1.81 bits per heavy atom. The van der Waals surface area contributed by atoms with Gasteiger partial charge in [0.25, 0.3) is 0 Å². The molecule has 0 saturated heterocycles. The Morgan fingerprint density at radius 3 is 2.44 bits per heavy atom. The minimum Gasteiger partial charge on any atom is -0.264 e. The second kappa shape index (κ2) is 3.92. The molecule has 0 unspecified atom stereocenters. The van der Waals surface area contributed by atoms with Gasteiger partial charge >= 0.3 is 6.18 Å². The van der Waals surface area contributed by atoms with Crippen molar-refractivity contribution < 1.29 is 13.2 Å². The molecule has 2 rings (SSSR count). The van der Waals surface area contributed by atoms with E-state index in [2.05, 4.69) is 9.97 Å². The Labute approximate surface area is 89.8 Å². The molecule has 0 amide bonds. The van der Waals surface area contributed by atoms with Crippen molar-refractivity contribution in [2.45, 2.75) is 6.18 Å². The lowest BCUT2D eigenvalue weighted by molar-refractivity contribution is -0.141. The highest BCUT2D eigenvalue weighted by atomic mass is 19.4. The molecule has 0 aromatic carbocycles. The number of alkyl halides is 3. The summed E-state index contributed by atoms with van der Waals surface area (Å²) in [6.07, 6.45) is -0.200. The molecule has 0 aliphatic heterocycles. The first kappa shape index (κ1) is 10.6. The van der Waals surface area contributed by atoms with E-state index in [1.165, 1.54) is 12.3 Å². The second-order valence-electron chi connectivity index (χ2n) is 3.17. The first-order chi connectivity index (χ1) is 7.57. The summed E-state index contributed by atoms with van der Waals surface area (Å²) in [4.78, 5) is 7.14. The van der Waals surface area contributed by atoms with Gasteiger partial charge in [-0.05, 0) is 23.8 Å². The molecule has 0 N–H and O–H groups in total. The molecule has 5 heteroatoms. The summed E-state index contributed by atoms with van der Waals surface area (Å²) in [7, 11) is 0. The third-order valence-corrected chi connectivity index (χ3v) is 2.05. The van der Waals surface area contributed by atoms with E-state index < -0.39 is 11.9 Å². The van der Waals surface area contributed by atoms with Crippen LogP contribution in [0.25, 0.3) is 11.1 Å². The number of aromatic nitrogens is 2. The van der Waals surface area contributed by atoms with Crippen LogP contribution in [0.15, 0.2) is 42.9 Å². The van der Waals surface area contributed by atoms with E-state index in [-0.39, 0.29) is 0 Å². The molecule has 0 saturated carbocycles. The smallest absolute Gasteiger partial charge is 0.264 e. The van der Waals surface area contributed by atoms with Crippen LogP contribution in [-0.2, 0) is 6.18 Å². The van der Waals surface area contributed by atoms with Crippen LogP contribution in [0.5, 0.6) is 0 Å². The average molecular weight is 224 g/mol. The van der Waals surface area contributed by atoms with Crippen molar-refractivity contribution in [1.82, 2.24) is 9.97 Å². The Kier molecular flexibility index (Phi) is 2.60. The van der Waals surface area contributed by atoms with E-state index in [4.69, 9.17) is 0 Å². The van der Waals surface area contributed by atoms with Gasteiger partial charge in [0.1, 0.15) is 5.69 Å². The molecule has 0 atom stereocenters. The Morgan fingerprint density at radius 1 is 1.00 bits per heavy atom. The van der Waals surface area contributed by atoms with Crippen LogP contribution in [0.3, 0.4) is 0 Å². The topological polar surface area (TPSA) is 25.8 Å². The van der Waals surface area contributed by atoms with E-state index in [0.717, 1.165) is 12.3 Å². The Hall–Kier alpha value is -1.91. The van der Waals surface area contributed by atoms with Gasteiger partial charge in [-0.1, -0.05) is 6.07 Å². The average Bonchev–Trinajstić information content (AvgIpc) is 2.29. The summed E-state index contributed by atoms with van der Waals surface area (Å²) >= 11 is 0. The zero-order valence-corrected chi connectivity index (χ0v) is 8.07. The van der Waals surface area contributed by atoms with Crippen LogP contribution < -0.4 is 0 Å². The molecule has 0 radical (unpaired) electrons. The summed E-state index contributed by atoms with van der Waals surface area (Å²) < 4.78 is 37.2. The van der Waals surface area contributed by atoms with Gasteiger partial charge in [0.2, 0.25) is 0 Å². The maximum absolute atomic E-state index is 12.4. The van der Waals surface area contributed by atoms with E-state index in [0.29, 0.717) is 11.1 Å². The van der Waals surface area contributed by atoms with Gasteiger partial charge in [0.15, 0.2) is 0 Å². The number of rotatable bonds is 1. The number of halogens is 3. The lowest BCUT2D eigenvalue weighted by atomic mass is 10.1. The number of hydrogen-bond donors (Lipinski definition) is 0. The number of pyridine rings is 2. The van der Waals surface area contributed by atoms with Gasteiger partial charge in [0.05, 0.1) is 0 Å². The minimum atomic E-state index is -4.42. The predicted octanol–water partition coefficient (Wildman–Crippen LogP) is 3.16. The highest BCUT2D eigenvalue weighted by molar-refractivity contribution is 5.62. The van der Waals surface area contributed by atoms with Gasteiger partial charge in [0, 0.05) is 24.2 Å². The molecule has 0 fully saturated rings. The molecule has 2 nitrogen and oxygen atoms in total. The standard InChI is InChI=1S/C11H7F3N2/c12-11(13,14)10-6-8(3-5-16-10)9-2-1-4-15-7-9/h1-7H. The molecule has 0 bridgehead atoms. The van der Waals surface area contributed by atoms with E-state index in [9.17, 15) is 13.2 Å². The third-order valence-electron chi connectivity index (χ3n) is 2.05. The summed E-state index contributed by atoms with van der Waals surface area (Å²) in [5.41, 5.74) is 0.194. The molecule has 2 aromatic heterocycles. The quantitative estimate of drug-likeness (QED) is 0.743. The van der Waals surface area contributed by atoms with Crippen molar-refractivity contribution in [2.24, 2.45) is 0 Å². The molecule has 16 heavy (non-hydrogen) atoms. The number of hydrogen-bond acceptors (Lipinski definition) is 2. The molecule has 0 spiro atoms. The lowest BCUT2D eigenvalue weighted by Crippen LogP contribution is -2.07. The monoisotopic (exact) mass is 224 g/mol. The van der Waals surface area contributed by atoms with Crippen LogP contribution in [-0.4, -0.2) is 9.97 Å². The largest absolute Gasteiger partial charge is 0.433 e. The first-order valence-electron chi connectivity index (χ1n) is 4.51. The highest BCUT2D eigenvalue weighted by Crippen LogP contribution is 2.30. The van der Waals surface area contributed by atoms with Crippen molar-refractivity contribution in [1.29, 1.82) is 0 Å². The van der Waals surface area contributed by atoms with Crippen molar-refractivity contribution in [3.63, 3.8) is 0 Å². The van der Waals surface area contributed by atoms with Crippen LogP contribution in [0.4, 0.5) is 13.2 Å². The van der Waals surface area contributed by atoms with Gasteiger partial charge in [-0.2, -0.15) is 13.2 Å². The fraction of sp³-hybridized carbons (Fsp3) is 0.0909. The van der Waals surface area contributed by atoms with E-state index in [1.54, 1.807) is 18.3 Å². The van der Waals surface area contributed by atoms with Gasteiger partial charge in [-0.25, -0.2) is 0 Å². The predicted molar refractivity (Wildman–Crippen MR) is 52.5 cm³/mol. The Balaban J connectivity index is 2.45. The van der Waals surface area contributed by atoms with Gasteiger partial charge in [-0.3, -0.25) is 9.97 Å². The molecular formula is C11H7F3N2. The van der Waals surface area contributed by atoms with E-state index in [1.807, 2.05) is 0 Å². The van der Waals surface area contributed by atoms with Crippen LogP contribution in [0.2, 0.25) is 0 Å². The fourth-order valence-corrected chi connectivity index (χ4v) is 1.30. The SMILES string of the molecule is FC(F)(F)c1cc(-c2cccnc2)ccn1. The van der Waals surface area contributed by atoms with Crippen molar-refractivity contribution >= 4 is 0 Å². The summed E-state index contributed by atoms with van der Waals surface area (Å²) in [6, 6.07) is 5.90. The van der Waals surface area contributed by atoms with Gasteiger partial charge in [-0.15, -0.1) is 0 Å². The summed E-state index contributed by atoms with van der Waals surface area (Å²) in [6.45, 7) is 0. The minimum absolute atomic E-state index is 0.454. The molecule has 82 valence electrons. The van der Waals surface area contributed by atoms with Crippen molar-refractivity contribution in [3.05, 3.63) is 48.5 Å². The van der Waals surface area contributed by atoms with E-state index >= 15 is 0 Å². The molecular weight excluding hydrogens is 217 g/mol. The third kappa shape index (κ3) is 2.18. The van der Waals surface area contributed by atoms with Crippen LogP contribution in [0.1, 0.15) is 5.69 Å². The maximum Gasteiger partial charge on any atom is 0.433 e. The fourth-order valence-electron chi connectivity index (χ4n) is 1.30. The maximum atomic E-state index is 12.4. The summed E-state index contributed by atoms with van der Waals surface area (Å²) in [5, 5.41) is 0. The first-order valence-corrected chi connectivity index (χ1v) is 4.51. The number of nitrogens with zero attached hydrogens (tertiary/aromatic N) is 2. The molecule has 2 aromatic rings. The zero-order valence-electron chi connectivity index (χ0n) is 8.07. The zero-order chi connectivity index (χ0) is 11.6. The molecule has 0 aliphatic rings. The molecule has 2 heterocycles. The van der Waals surface area contributed by atoms with Crippen molar-refractivity contribution in [3.8, 4) is 11.1 Å². The van der Waals surface area contributed by atoms with Gasteiger partial charge < -0.3 is 0 Å². The Bertz CT molecular complexity index is 480. The van der Waals surface area contributed by atoms with Crippen LogP contribution in [0, 0.1) is 0 Å². The normalized spacial score (nSPS) is 11.4. The second-order valence-corrected chi connectivity index (χ2v) is 3.17. The summed E-state index contributed by atoms with van der Waals surface area (Å²) in [5.74, 6) is 0. The highest BCUT2D eigenvalue weighted by Gasteiger charge is 2.32. The molecule has 0 aliphatic carbocycles. The van der Waals surface area contributed by atoms with Crippen molar-refractivity contribution in [2.75, 3.05) is 0 Å². The lowest BCUT2D eigenvalue weighted by Gasteiger charge is -2.07.